The fourth-order valence-electron chi connectivity index (χ4n) is 0.938. The van der Waals surface area contributed by atoms with Crippen LogP contribution in [0.2, 0.25) is 0 Å². The lowest BCUT2D eigenvalue weighted by Crippen LogP contribution is -2.31. The Morgan fingerprint density at radius 1 is 1.67 bits per heavy atom. The highest BCUT2D eigenvalue weighted by Gasteiger charge is 2.17. The van der Waals surface area contributed by atoms with E-state index in [9.17, 15) is 8.42 Å². The van der Waals surface area contributed by atoms with Crippen LogP contribution in [0.15, 0.2) is 23.2 Å². The van der Waals surface area contributed by atoms with Gasteiger partial charge >= 0.3 is 0 Å². The monoisotopic (exact) mass is 231 g/mol. The van der Waals surface area contributed by atoms with Crippen molar-refractivity contribution < 1.29 is 13.5 Å². The van der Waals surface area contributed by atoms with Crippen LogP contribution in [0.4, 0.5) is 5.82 Å². The first-order valence-corrected chi connectivity index (χ1v) is 5.80. The molecule has 0 fully saturated rings. The molecule has 0 aliphatic rings. The summed E-state index contributed by atoms with van der Waals surface area (Å²) in [6.07, 6.45) is 0.654. The Balaban J connectivity index is 2.92. The van der Waals surface area contributed by atoms with Crippen LogP contribution in [-0.4, -0.2) is 31.2 Å². The average Bonchev–Trinajstić information content (AvgIpc) is 2.15. The number of pyridine rings is 1. The quantitative estimate of drug-likeness (QED) is 0.637. The zero-order valence-electron chi connectivity index (χ0n) is 8.21. The van der Waals surface area contributed by atoms with Gasteiger partial charge in [0.25, 0.3) is 0 Å². The number of nitrogens with two attached hydrogens (primary N) is 1. The van der Waals surface area contributed by atoms with Gasteiger partial charge in [-0.05, 0) is 19.1 Å². The van der Waals surface area contributed by atoms with E-state index >= 15 is 0 Å². The highest BCUT2D eigenvalue weighted by molar-refractivity contribution is 7.89. The molecular weight excluding hydrogens is 218 g/mol. The second kappa shape index (κ2) is 4.56. The number of nitrogens with zero attached hydrogens (tertiary/aromatic N) is 1. The highest BCUT2D eigenvalue weighted by Crippen LogP contribution is 2.13. The molecule has 0 saturated heterocycles. The predicted molar refractivity (Wildman–Crippen MR) is 55.5 cm³/mol. The molecule has 1 aromatic heterocycles. The Bertz CT molecular complexity index is 431. The number of nitrogens with one attached hydrogen (secondary N) is 1. The molecule has 0 radical (unpaired) electrons. The van der Waals surface area contributed by atoms with E-state index in [-0.39, 0.29) is 17.3 Å². The van der Waals surface area contributed by atoms with Crippen molar-refractivity contribution in [1.29, 1.82) is 0 Å². The largest absolute Gasteiger partial charge is 0.392 e. The highest BCUT2D eigenvalue weighted by atomic mass is 32.2. The predicted octanol–water partition coefficient (Wildman–Crippen LogP) is -0.677. The molecule has 15 heavy (non-hydrogen) atoms. The lowest BCUT2D eigenvalue weighted by Gasteiger charge is -2.09. The molecule has 1 rings (SSSR count). The molecule has 84 valence electrons. The Morgan fingerprint density at radius 2 is 2.33 bits per heavy atom. The van der Waals surface area contributed by atoms with E-state index in [1.165, 1.54) is 25.3 Å². The normalized spacial score (nSPS) is 13.7. The van der Waals surface area contributed by atoms with Gasteiger partial charge in [0.05, 0.1) is 6.10 Å². The molecule has 0 aliphatic heterocycles. The van der Waals surface area contributed by atoms with Crippen LogP contribution in [0, 0.1) is 0 Å². The maximum atomic E-state index is 11.6. The van der Waals surface area contributed by atoms with Crippen molar-refractivity contribution in [2.75, 3.05) is 12.3 Å². The summed E-state index contributed by atoms with van der Waals surface area (Å²) in [5, 5.41) is 8.96. The van der Waals surface area contributed by atoms with Gasteiger partial charge < -0.3 is 10.8 Å². The van der Waals surface area contributed by atoms with Crippen molar-refractivity contribution in [1.82, 2.24) is 9.71 Å². The minimum absolute atomic E-state index is 0.0589. The minimum atomic E-state index is -3.68. The Hall–Kier alpha value is -1.18. The van der Waals surface area contributed by atoms with Crippen LogP contribution in [0.5, 0.6) is 0 Å². The molecule has 0 spiro atoms. The van der Waals surface area contributed by atoms with Gasteiger partial charge in [0, 0.05) is 12.7 Å². The lowest BCUT2D eigenvalue weighted by atomic mass is 10.4. The van der Waals surface area contributed by atoms with Gasteiger partial charge in [0.15, 0.2) is 0 Å². The standard InChI is InChI=1S/C8H13N3O3S/c1-6(12)5-11-15(13,14)7-3-2-4-10-8(7)9/h2-4,6,11-12H,5H2,1H3,(H2,9,10)/t6-/m0/s1. The molecular formula is C8H13N3O3S. The fourth-order valence-corrected chi connectivity index (χ4v) is 2.14. The number of anilines is 1. The number of rotatable bonds is 4. The summed E-state index contributed by atoms with van der Waals surface area (Å²) in [6, 6.07) is 2.83. The molecule has 1 heterocycles. The Labute approximate surface area is 88.2 Å². The van der Waals surface area contributed by atoms with Crippen molar-refractivity contribution in [3.63, 3.8) is 0 Å². The first-order chi connectivity index (χ1) is 6.93. The summed E-state index contributed by atoms with van der Waals surface area (Å²) >= 11 is 0. The van der Waals surface area contributed by atoms with E-state index in [0.29, 0.717) is 0 Å². The minimum Gasteiger partial charge on any atom is -0.392 e. The van der Waals surface area contributed by atoms with Gasteiger partial charge in [-0.25, -0.2) is 18.1 Å². The van der Waals surface area contributed by atoms with Crippen LogP contribution in [0.1, 0.15) is 6.92 Å². The average molecular weight is 231 g/mol. The van der Waals surface area contributed by atoms with Crippen molar-refractivity contribution in [3.05, 3.63) is 18.3 Å². The molecule has 0 bridgehead atoms. The van der Waals surface area contributed by atoms with Crippen LogP contribution in [-0.2, 0) is 10.0 Å². The van der Waals surface area contributed by atoms with Gasteiger partial charge in [0.1, 0.15) is 10.7 Å². The molecule has 6 nitrogen and oxygen atoms in total. The number of nitrogen functional groups attached to an aromatic ring is 1. The fraction of sp³-hybridized carbons (Fsp3) is 0.375. The summed E-state index contributed by atoms with van der Waals surface area (Å²) in [5.74, 6) is -0.0596. The third-order valence-electron chi connectivity index (χ3n) is 1.66. The van der Waals surface area contributed by atoms with E-state index in [4.69, 9.17) is 10.8 Å². The van der Waals surface area contributed by atoms with Gasteiger partial charge in [-0.2, -0.15) is 0 Å². The number of aliphatic hydroxyl groups excluding tert-OH is 1. The van der Waals surface area contributed by atoms with Crippen LogP contribution < -0.4 is 10.5 Å². The van der Waals surface area contributed by atoms with Gasteiger partial charge in [-0.1, -0.05) is 0 Å². The summed E-state index contributed by atoms with van der Waals surface area (Å²) in [4.78, 5) is 3.59. The van der Waals surface area contributed by atoms with E-state index in [1.807, 2.05) is 0 Å². The number of hydrogen-bond acceptors (Lipinski definition) is 5. The number of sulfonamides is 1. The van der Waals surface area contributed by atoms with E-state index in [2.05, 4.69) is 9.71 Å². The topological polar surface area (TPSA) is 105 Å². The SMILES string of the molecule is C[C@H](O)CNS(=O)(=O)c1cccnc1N. The molecule has 1 aromatic rings. The maximum Gasteiger partial charge on any atom is 0.244 e. The molecule has 4 N–H and O–H groups in total. The number of aliphatic hydroxyl groups is 1. The summed E-state index contributed by atoms with van der Waals surface area (Å²) in [6.45, 7) is 1.42. The molecule has 1 atom stereocenters. The summed E-state index contributed by atoms with van der Waals surface area (Å²) in [5.41, 5.74) is 5.42. The van der Waals surface area contributed by atoms with Gasteiger partial charge in [0.2, 0.25) is 10.0 Å². The molecule has 0 unspecified atom stereocenters. The molecule has 7 heteroatoms. The first-order valence-electron chi connectivity index (χ1n) is 4.31. The third kappa shape index (κ3) is 3.15. The van der Waals surface area contributed by atoms with Crippen LogP contribution in [0.3, 0.4) is 0 Å². The van der Waals surface area contributed by atoms with E-state index < -0.39 is 16.1 Å². The zero-order chi connectivity index (χ0) is 11.5. The molecule has 0 saturated carbocycles. The summed E-state index contributed by atoms with van der Waals surface area (Å²) < 4.78 is 25.4. The molecule has 0 aliphatic carbocycles. The van der Waals surface area contributed by atoms with Crippen molar-refractivity contribution in [2.45, 2.75) is 17.9 Å². The Kier molecular flexibility index (Phi) is 3.61. The second-order valence-corrected chi connectivity index (χ2v) is 4.82. The van der Waals surface area contributed by atoms with Gasteiger partial charge in [-0.3, -0.25) is 0 Å². The van der Waals surface area contributed by atoms with Gasteiger partial charge in [-0.15, -0.1) is 0 Å². The molecule has 0 aromatic carbocycles. The third-order valence-corrected chi connectivity index (χ3v) is 3.13. The van der Waals surface area contributed by atoms with Crippen molar-refractivity contribution >= 4 is 15.8 Å². The maximum absolute atomic E-state index is 11.6. The van der Waals surface area contributed by atoms with E-state index in [1.54, 1.807) is 0 Å². The second-order valence-electron chi connectivity index (χ2n) is 3.09. The summed E-state index contributed by atoms with van der Waals surface area (Å²) in [7, 11) is -3.68. The number of aromatic nitrogens is 1. The lowest BCUT2D eigenvalue weighted by molar-refractivity contribution is 0.198. The zero-order valence-corrected chi connectivity index (χ0v) is 9.03. The van der Waals surface area contributed by atoms with Crippen molar-refractivity contribution in [3.8, 4) is 0 Å². The first kappa shape index (κ1) is 11.9. The number of hydrogen-bond donors (Lipinski definition) is 3. The van der Waals surface area contributed by atoms with E-state index in [0.717, 1.165) is 0 Å². The van der Waals surface area contributed by atoms with Crippen LogP contribution >= 0.6 is 0 Å². The van der Waals surface area contributed by atoms with Crippen LogP contribution in [0.25, 0.3) is 0 Å². The Morgan fingerprint density at radius 3 is 2.87 bits per heavy atom. The smallest absolute Gasteiger partial charge is 0.244 e. The molecule has 0 amide bonds. The van der Waals surface area contributed by atoms with Crippen molar-refractivity contribution in [2.24, 2.45) is 0 Å².